The number of aliphatic imine (C=N–C) groups is 2. The average molecular weight is 406 g/mol. The van der Waals surface area contributed by atoms with Crippen molar-refractivity contribution in [3.05, 3.63) is 63.9 Å². The zero-order chi connectivity index (χ0) is 18.0. The predicted octanol–water partition coefficient (Wildman–Crippen LogP) is 2.53. The van der Waals surface area contributed by atoms with Crippen LogP contribution in [-0.4, -0.2) is 28.9 Å². The topological polar surface area (TPSA) is 112 Å². The van der Waals surface area contributed by atoms with Crippen LogP contribution >= 0.6 is 15.9 Å². The number of nitrogens with one attached hydrogen (secondary N) is 2. The molecule has 1 heterocycles. The second-order valence-electron chi connectivity index (χ2n) is 5.11. The van der Waals surface area contributed by atoms with E-state index in [1.165, 1.54) is 6.07 Å². The number of nitrogens with two attached hydrogens (primary N) is 1. The molecule has 0 radical (unpaired) electrons. The van der Waals surface area contributed by atoms with E-state index in [0.717, 1.165) is 4.47 Å². The van der Waals surface area contributed by atoms with Crippen LogP contribution in [0.1, 0.15) is 11.1 Å². The highest BCUT2D eigenvalue weighted by molar-refractivity contribution is 9.10. The van der Waals surface area contributed by atoms with E-state index in [9.17, 15) is 9.18 Å². The fraction of sp³-hybridized carbons (Fsp3) is 0.0625. The number of halogens is 2. The minimum Gasteiger partial charge on any atom is -0.465 e. The van der Waals surface area contributed by atoms with E-state index in [0.29, 0.717) is 11.3 Å². The van der Waals surface area contributed by atoms with Gasteiger partial charge in [-0.1, -0.05) is 28.1 Å². The first-order valence-corrected chi connectivity index (χ1v) is 7.96. The summed E-state index contributed by atoms with van der Waals surface area (Å²) in [5.41, 5.74) is 3.87. The van der Waals surface area contributed by atoms with Crippen molar-refractivity contribution >= 4 is 39.3 Å². The molecular formula is C16H13BrFN5O2. The number of nitrogens with zero attached hydrogens (tertiary/aromatic N) is 2. The second kappa shape index (κ2) is 6.99. The molecule has 1 amide bonds. The molecule has 1 atom stereocenters. The van der Waals surface area contributed by atoms with Gasteiger partial charge in [-0.25, -0.2) is 20.0 Å². The first kappa shape index (κ1) is 17.1. The molecule has 1 aliphatic heterocycles. The second-order valence-corrected chi connectivity index (χ2v) is 6.03. The molecule has 0 aromatic heterocycles. The van der Waals surface area contributed by atoms with Crippen molar-refractivity contribution in [3.63, 3.8) is 0 Å². The van der Waals surface area contributed by atoms with Crippen LogP contribution in [0.2, 0.25) is 0 Å². The Morgan fingerprint density at radius 2 is 2.00 bits per heavy atom. The Kier molecular flexibility index (Phi) is 4.77. The van der Waals surface area contributed by atoms with Crippen LogP contribution < -0.4 is 16.6 Å². The Bertz CT molecular complexity index is 900. The summed E-state index contributed by atoms with van der Waals surface area (Å²) in [7, 11) is 0. The van der Waals surface area contributed by atoms with Gasteiger partial charge in [-0.15, -0.1) is 0 Å². The quantitative estimate of drug-likeness (QED) is 0.454. The Morgan fingerprint density at radius 3 is 2.68 bits per heavy atom. The molecule has 0 spiro atoms. The van der Waals surface area contributed by atoms with Gasteiger partial charge in [0.25, 0.3) is 0 Å². The normalized spacial score (nSPS) is 16.2. The van der Waals surface area contributed by atoms with E-state index < -0.39 is 18.1 Å². The van der Waals surface area contributed by atoms with Crippen molar-refractivity contribution in [3.8, 4) is 0 Å². The number of hydrazine groups is 1. The van der Waals surface area contributed by atoms with E-state index in [-0.39, 0.29) is 17.1 Å². The van der Waals surface area contributed by atoms with Crippen LogP contribution in [0.25, 0.3) is 0 Å². The Hall–Kier alpha value is -2.78. The van der Waals surface area contributed by atoms with Crippen LogP contribution in [0.4, 0.5) is 14.9 Å². The minimum atomic E-state index is -1.31. The highest BCUT2D eigenvalue weighted by Crippen LogP contribution is 2.29. The number of hydrogen-bond acceptors (Lipinski definition) is 5. The molecule has 2 aromatic rings. The zero-order valence-electron chi connectivity index (χ0n) is 12.7. The Balaban J connectivity index is 2.27. The highest BCUT2D eigenvalue weighted by atomic mass is 79.9. The van der Waals surface area contributed by atoms with Crippen molar-refractivity contribution in [2.24, 2.45) is 15.8 Å². The summed E-state index contributed by atoms with van der Waals surface area (Å²) in [6.45, 7) is 0. The standard InChI is InChI=1S/C16H13BrFN5O2/c17-8-5-6-12-10(7-8)13(9-3-1-2-4-11(9)18)21-14(22-16(24)25)15(20-12)23-19/h1-7,14,22H,19H2,(H,20,23)(H,24,25). The molecule has 1 aliphatic rings. The molecule has 0 fully saturated rings. The maximum atomic E-state index is 14.4. The highest BCUT2D eigenvalue weighted by Gasteiger charge is 2.25. The molecule has 0 aliphatic carbocycles. The van der Waals surface area contributed by atoms with Gasteiger partial charge >= 0.3 is 6.09 Å². The van der Waals surface area contributed by atoms with Gasteiger partial charge in [0, 0.05) is 15.6 Å². The number of carbonyl (C=O) groups is 1. The van der Waals surface area contributed by atoms with Crippen molar-refractivity contribution < 1.29 is 14.3 Å². The third-order valence-electron chi connectivity index (χ3n) is 3.51. The van der Waals surface area contributed by atoms with Gasteiger partial charge in [-0.2, -0.15) is 0 Å². The van der Waals surface area contributed by atoms with Crippen molar-refractivity contribution in [1.29, 1.82) is 0 Å². The maximum absolute atomic E-state index is 14.4. The van der Waals surface area contributed by atoms with Crippen molar-refractivity contribution in [2.45, 2.75) is 6.17 Å². The lowest BCUT2D eigenvalue weighted by atomic mass is 10.0. The van der Waals surface area contributed by atoms with Gasteiger partial charge in [0.1, 0.15) is 5.82 Å². The number of fused-ring (bicyclic) bond motifs is 1. The van der Waals surface area contributed by atoms with Gasteiger partial charge in [0.2, 0.25) is 0 Å². The summed E-state index contributed by atoms with van der Waals surface area (Å²) < 4.78 is 15.1. The van der Waals surface area contributed by atoms with Crippen molar-refractivity contribution in [2.75, 3.05) is 0 Å². The molecule has 0 bridgehead atoms. The van der Waals surface area contributed by atoms with E-state index in [2.05, 4.69) is 36.7 Å². The molecule has 25 heavy (non-hydrogen) atoms. The Labute approximate surface area is 150 Å². The lowest BCUT2D eigenvalue weighted by molar-refractivity contribution is 0.193. The van der Waals surface area contributed by atoms with Crippen LogP contribution in [-0.2, 0) is 0 Å². The number of amidine groups is 1. The average Bonchev–Trinajstić information content (AvgIpc) is 2.72. The largest absolute Gasteiger partial charge is 0.465 e. The number of hydrogen-bond donors (Lipinski definition) is 4. The summed E-state index contributed by atoms with van der Waals surface area (Å²) in [6, 6.07) is 11.3. The monoisotopic (exact) mass is 405 g/mol. The van der Waals surface area contributed by atoms with Crippen LogP contribution in [0, 0.1) is 5.82 Å². The third-order valence-corrected chi connectivity index (χ3v) is 4.00. The third kappa shape index (κ3) is 3.52. The number of carboxylic acid groups (broad SMARTS) is 1. The zero-order valence-corrected chi connectivity index (χ0v) is 14.3. The molecule has 0 saturated carbocycles. The van der Waals surface area contributed by atoms with Gasteiger partial charge < -0.3 is 10.5 Å². The lowest BCUT2D eigenvalue weighted by Gasteiger charge is -2.14. The summed E-state index contributed by atoms with van der Waals surface area (Å²) in [6.07, 6.45) is -2.42. The molecule has 5 N–H and O–H groups in total. The minimum absolute atomic E-state index is 0.0947. The fourth-order valence-electron chi connectivity index (χ4n) is 2.44. The molecule has 0 saturated heterocycles. The van der Waals surface area contributed by atoms with Crippen LogP contribution in [0.15, 0.2) is 56.9 Å². The summed E-state index contributed by atoms with van der Waals surface area (Å²) in [4.78, 5) is 19.8. The van der Waals surface area contributed by atoms with Gasteiger partial charge in [0.15, 0.2) is 12.0 Å². The fourth-order valence-corrected chi connectivity index (χ4v) is 2.80. The lowest BCUT2D eigenvalue weighted by Crippen LogP contribution is -2.47. The van der Waals surface area contributed by atoms with Gasteiger partial charge in [0.05, 0.1) is 11.4 Å². The molecule has 9 heteroatoms. The first-order valence-electron chi connectivity index (χ1n) is 7.17. The maximum Gasteiger partial charge on any atom is 0.406 e. The molecule has 3 rings (SSSR count). The summed E-state index contributed by atoms with van der Waals surface area (Å²) >= 11 is 3.37. The number of amides is 1. The summed E-state index contributed by atoms with van der Waals surface area (Å²) in [5, 5.41) is 11.3. The predicted molar refractivity (Wildman–Crippen MR) is 95.5 cm³/mol. The van der Waals surface area contributed by atoms with Gasteiger partial charge in [-0.05, 0) is 30.3 Å². The summed E-state index contributed by atoms with van der Waals surface area (Å²) in [5.74, 6) is 5.09. The van der Waals surface area contributed by atoms with Crippen LogP contribution in [0.3, 0.4) is 0 Å². The Morgan fingerprint density at radius 1 is 1.24 bits per heavy atom. The SMILES string of the molecule is NNC1=Nc2ccc(Br)cc2C(c2ccccc2F)=NC1NC(=O)O. The molecular weight excluding hydrogens is 393 g/mol. The smallest absolute Gasteiger partial charge is 0.406 e. The van der Waals surface area contributed by atoms with Gasteiger partial charge in [-0.3, -0.25) is 10.3 Å². The molecule has 128 valence electrons. The first-order chi connectivity index (χ1) is 12.0. The molecule has 2 aromatic carbocycles. The number of benzene rings is 2. The van der Waals surface area contributed by atoms with Crippen LogP contribution in [0.5, 0.6) is 0 Å². The van der Waals surface area contributed by atoms with E-state index in [1.54, 1.807) is 36.4 Å². The number of rotatable bonds is 2. The van der Waals surface area contributed by atoms with E-state index in [1.807, 2.05) is 0 Å². The van der Waals surface area contributed by atoms with E-state index in [4.69, 9.17) is 10.9 Å². The van der Waals surface area contributed by atoms with Crippen molar-refractivity contribution in [1.82, 2.24) is 10.7 Å². The van der Waals surface area contributed by atoms with E-state index >= 15 is 0 Å². The molecule has 1 unspecified atom stereocenters. The molecule has 7 nitrogen and oxygen atoms in total.